The van der Waals surface area contributed by atoms with Gasteiger partial charge < -0.3 is 14.7 Å². The minimum absolute atomic E-state index is 0.0913. The van der Waals surface area contributed by atoms with Gasteiger partial charge in [0.1, 0.15) is 6.61 Å². The molecule has 2 aromatic heterocycles. The van der Waals surface area contributed by atoms with E-state index in [-0.39, 0.29) is 11.7 Å². The van der Waals surface area contributed by atoms with E-state index in [1.165, 1.54) is 4.88 Å². The monoisotopic (exact) mass is 369 g/mol. The first-order valence-corrected chi connectivity index (χ1v) is 9.16. The van der Waals surface area contributed by atoms with Crippen LogP contribution in [0.1, 0.15) is 20.8 Å². The number of aromatic hydroxyl groups is 1. The van der Waals surface area contributed by atoms with Crippen LogP contribution in [0.3, 0.4) is 0 Å². The number of rotatable bonds is 2. The van der Waals surface area contributed by atoms with Crippen molar-refractivity contribution in [3.05, 3.63) is 52.7 Å². The number of benzene rings is 1. The lowest BCUT2D eigenvalue weighted by atomic mass is 10.1. The second kappa shape index (κ2) is 6.49. The highest BCUT2D eigenvalue weighted by Crippen LogP contribution is 2.39. The van der Waals surface area contributed by atoms with Gasteiger partial charge in [-0.3, -0.25) is 9.48 Å². The fraction of sp³-hybridized carbons (Fsp3) is 0.263. The van der Waals surface area contributed by atoms with E-state index < -0.39 is 0 Å². The lowest BCUT2D eigenvalue weighted by Gasteiger charge is -2.19. The Labute approximate surface area is 155 Å². The number of nitrogens with zero attached hydrogens (tertiary/aromatic N) is 3. The number of ether oxygens (including phenoxy) is 1. The van der Waals surface area contributed by atoms with E-state index >= 15 is 0 Å². The van der Waals surface area contributed by atoms with Gasteiger partial charge in [-0.1, -0.05) is 0 Å². The Morgan fingerprint density at radius 1 is 1.35 bits per heavy atom. The SMILES string of the molecule is Cc1ccc(-c2cc(O)c3c(c2)CN(C(=O)c2cnn(C)c2)CCO3)s1. The molecule has 3 heterocycles. The lowest BCUT2D eigenvalue weighted by Crippen LogP contribution is -2.32. The van der Waals surface area contributed by atoms with Crippen LogP contribution in [0, 0.1) is 6.92 Å². The summed E-state index contributed by atoms with van der Waals surface area (Å²) in [4.78, 5) is 16.8. The van der Waals surface area contributed by atoms with Gasteiger partial charge in [0.05, 0.1) is 18.3 Å². The Balaban J connectivity index is 1.68. The highest BCUT2D eigenvalue weighted by Gasteiger charge is 2.24. The second-order valence-electron chi connectivity index (χ2n) is 6.37. The van der Waals surface area contributed by atoms with Gasteiger partial charge in [-0.05, 0) is 36.8 Å². The van der Waals surface area contributed by atoms with Crippen molar-refractivity contribution in [2.24, 2.45) is 7.05 Å². The summed E-state index contributed by atoms with van der Waals surface area (Å²) in [6.45, 7) is 3.23. The topological polar surface area (TPSA) is 67.6 Å². The first kappa shape index (κ1) is 16.7. The molecule has 1 aromatic carbocycles. The van der Waals surface area contributed by atoms with E-state index in [0.717, 1.165) is 16.0 Å². The summed E-state index contributed by atoms with van der Waals surface area (Å²) in [6, 6.07) is 7.81. The molecule has 0 unspecified atom stereocenters. The molecule has 6 nitrogen and oxygen atoms in total. The van der Waals surface area contributed by atoms with Crippen LogP contribution in [0.15, 0.2) is 36.7 Å². The van der Waals surface area contributed by atoms with Crippen LogP contribution in [-0.4, -0.2) is 38.8 Å². The van der Waals surface area contributed by atoms with E-state index in [2.05, 4.69) is 18.1 Å². The number of hydrogen-bond donors (Lipinski definition) is 1. The fourth-order valence-electron chi connectivity index (χ4n) is 3.12. The molecule has 1 N–H and O–H groups in total. The van der Waals surface area contributed by atoms with Crippen molar-refractivity contribution in [2.75, 3.05) is 13.2 Å². The molecule has 0 atom stereocenters. The van der Waals surface area contributed by atoms with Crippen LogP contribution in [0.5, 0.6) is 11.5 Å². The molecule has 0 fully saturated rings. The summed E-state index contributed by atoms with van der Waals surface area (Å²) >= 11 is 1.67. The van der Waals surface area contributed by atoms with Gasteiger partial charge in [-0.25, -0.2) is 0 Å². The molecule has 4 rings (SSSR count). The van der Waals surface area contributed by atoms with Gasteiger partial charge in [-0.15, -0.1) is 11.3 Å². The van der Waals surface area contributed by atoms with Crippen molar-refractivity contribution < 1.29 is 14.6 Å². The zero-order valence-corrected chi connectivity index (χ0v) is 15.4. The number of phenols is 1. The molecule has 0 aliphatic carbocycles. The molecular formula is C19H19N3O3S. The van der Waals surface area contributed by atoms with Crippen LogP contribution in [-0.2, 0) is 13.6 Å². The molecule has 0 spiro atoms. The van der Waals surface area contributed by atoms with Gasteiger partial charge >= 0.3 is 0 Å². The van der Waals surface area contributed by atoms with Crippen molar-refractivity contribution in [1.82, 2.24) is 14.7 Å². The minimum atomic E-state index is -0.0913. The van der Waals surface area contributed by atoms with E-state index in [9.17, 15) is 9.90 Å². The average molecular weight is 369 g/mol. The number of hydrogen-bond acceptors (Lipinski definition) is 5. The average Bonchev–Trinajstić information content (AvgIpc) is 3.17. The maximum absolute atomic E-state index is 12.8. The standard InChI is InChI=1S/C19H19N3O3S/c1-12-3-4-17(26-12)13-7-14-11-22(5-6-25-18(14)16(23)8-13)19(24)15-9-20-21(2)10-15/h3-4,7-10,23H,5-6,11H2,1-2H3. The summed E-state index contributed by atoms with van der Waals surface area (Å²) in [7, 11) is 1.78. The van der Waals surface area contributed by atoms with E-state index in [1.807, 2.05) is 12.1 Å². The van der Waals surface area contributed by atoms with Crippen LogP contribution in [0.25, 0.3) is 10.4 Å². The predicted octanol–water partition coefficient (Wildman–Crippen LogP) is 3.20. The first-order chi connectivity index (χ1) is 12.5. The fourth-order valence-corrected chi connectivity index (χ4v) is 3.97. The van der Waals surface area contributed by atoms with E-state index in [1.54, 1.807) is 46.4 Å². The molecule has 0 radical (unpaired) electrons. The van der Waals surface area contributed by atoms with Crippen molar-refractivity contribution in [3.63, 3.8) is 0 Å². The molecule has 0 saturated heterocycles. The number of fused-ring (bicyclic) bond motifs is 1. The molecule has 134 valence electrons. The quantitative estimate of drug-likeness (QED) is 0.753. The number of phenolic OH excluding ortho intramolecular Hbond substituents is 1. The van der Waals surface area contributed by atoms with Gasteiger partial charge in [0.25, 0.3) is 5.91 Å². The molecule has 0 saturated carbocycles. The van der Waals surface area contributed by atoms with Crippen molar-refractivity contribution in [1.29, 1.82) is 0 Å². The summed E-state index contributed by atoms with van der Waals surface area (Å²) in [5.74, 6) is 0.481. The molecule has 3 aromatic rings. The zero-order chi connectivity index (χ0) is 18.3. The molecule has 1 amide bonds. The lowest BCUT2D eigenvalue weighted by molar-refractivity contribution is 0.0733. The van der Waals surface area contributed by atoms with Crippen LogP contribution >= 0.6 is 11.3 Å². The molecule has 7 heteroatoms. The predicted molar refractivity (Wildman–Crippen MR) is 99.6 cm³/mol. The third-order valence-corrected chi connectivity index (χ3v) is 5.43. The maximum Gasteiger partial charge on any atom is 0.257 e. The van der Waals surface area contributed by atoms with E-state index in [0.29, 0.717) is 31.0 Å². The van der Waals surface area contributed by atoms with Crippen LogP contribution in [0.4, 0.5) is 0 Å². The van der Waals surface area contributed by atoms with Crippen LogP contribution in [0.2, 0.25) is 0 Å². The Hall–Kier alpha value is -2.80. The maximum atomic E-state index is 12.8. The number of aromatic nitrogens is 2. The van der Waals surface area contributed by atoms with Gasteiger partial charge in [0, 0.05) is 35.1 Å². The molecule has 26 heavy (non-hydrogen) atoms. The Morgan fingerprint density at radius 2 is 2.19 bits per heavy atom. The van der Waals surface area contributed by atoms with Crippen molar-refractivity contribution >= 4 is 17.2 Å². The zero-order valence-electron chi connectivity index (χ0n) is 14.6. The molecule has 1 aliphatic heterocycles. The molecule has 1 aliphatic rings. The summed E-state index contributed by atoms with van der Waals surface area (Å²) in [6.07, 6.45) is 3.27. The number of amides is 1. The minimum Gasteiger partial charge on any atom is -0.504 e. The van der Waals surface area contributed by atoms with Gasteiger partial charge in [-0.2, -0.15) is 5.10 Å². The Bertz CT molecular complexity index is 976. The number of aryl methyl sites for hydroxylation is 2. The van der Waals surface area contributed by atoms with Gasteiger partial charge in [0.2, 0.25) is 0 Å². The smallest absolute Gasteiger partial charge is 0.257 e. The highest BCUT2D eigenvalue weighted by atomic mass is 32.1. The first-order valence-electron chi connectivity index (χ1n) is 8.34. The number of carbonyl (C=O) groups excluding carboxylic acids is 1. The summed E-state index contributed by atoms with van der Waals surface area (Å²) < 4.78 is 7.35. The third-order valence-electron chi connectivity index (χ3n) is 4.38. The summed E-state index contributed by atoms with van der Waals surface area (Å²) in [5.41, 5.74) is 2.28. The van der Waals surface area contributed by atoms with Crippen molar-refractivity contribution in [3.8, 4) is 21.9 Å². The Morgan fingerprint density at radius 3 is 2.88 bits per heavy atom. The largest absolute Gasteiger partial charge is 0.504 e. The summed E-state index contributed by atoms with van der Waals surface area (Å²) in [5, 5.41) is 14.5. The van der Waals surface area contributed by atoms with Gasteiger partial charge in [0.15, 0.2) is 11.5 Å². The van der Waals surface area contributed by atoms with E-state index in [4.69, 9.17) is 4.74 Å². The number of carbonyl (C=O) groups is 1. The normalized spacial score (nSPS) is 13.8. The Kier molecular flexibility index (Phi) is 4.16. The van der Waals surface area contributed by atoms with Crippen LogP contribution < -0.4 is 4.74 Å². The number of thiophene rings is 1. The van der Waals surface area contributed by atoms with Crippen molar-refractivity contribution in [2.45, 2.75) is 13.5 Å². The molecule has 0 bridgehead atoms. The highest BCUT2D eigenvalue weighted by molar-refractivity contribution is 7.15. The molecular weight excluding hydrogens is 350 g/mol. The third kappa shape index (κ3) is 3.06. The second-order valence-corrected chi connectivity index (χ2v) is 7.66.